The number of thiophene rings is 2. The fraction of sp³-hybridized carbons (Fsp3) is 0.333. The summed E-state index contributed by atoms with van der Waals surface area (Å²) in [7, 11) is 0. The summed E-state index contributed by atoms with van der Waals surface area (Å²) in [5.74, 6) is 0. The van der Waals surface area contributed by atoms with Crippen LogP contribution in [0.1, 0.15) is 22.6 Å². The van der Waals surface area contributed by atoms with E-state index in [9.17, 15) is 0 Å². The van der Waals surface area contributed by atoms with Crippen LogP contribution >= 0.6 is 38.6 Å². The highest BCUT2D eigenvalue weighted by atomic mass is 79.9. The van der Waals surface area contributed by atoms with Crippen molar-refractivity contribution in [1.29, 1.82) is 0 Å². The lowest BCUT2D eigenvalue weighted by molar-refractivity contribution is 0.746. The van der Waals surface area contributed by atoms with Gasteiger partial charge in [0.1, 0.15) is 0 Å². The summed E-state index contributed by atoms with van der Waals surface area (Å²) in [4.78, 5) is 3.01. The van der Waals surface area contributed by atoms with Gasteiger partial charge in [0.05, 0.1) is 0 Å². The Bertz CT molecular complexity index is 389. The number of halogens is 1. The molecule has 0 bridgehead atoms. The first-order chi connectivity index (χ1) is 7.34. The van der Waals surface area contributed by atoms with Gasteiger partial charge in [0, 0.05) is 19.6 Å². The monoisotopic (exact) mass is 300 g/mol. The van der Waals surface area contributed by atoms with E-state index in [1.165, 1.54) is 39.9 Å². The van der Waals surface area contributed by atoms with Crippen molar-refractivity contribution >= 4 is 38.6 Å². The van der Waals surface area contributed by atoms with Gasteiger partial charge in [-0.25, -0.2) is 0 Å². The molecule has 0 aromatic carbocycles. The van der Waals surface area contributed by atoms with E-state index in [-0.39, 0.29) is 0 Å². The molecule has 0 amide bonds. The number of hydrogen-bond acceptors (Lipinski definition) is 2. The van der Waals surface area contributed by atoms with Crippen molar-refractivity contribution in [3.05, 3.63) is 43.2 Å². The zero-order valence-corrected chi connectivity index (χ0v) is 11.6. The first-order valence-corrected chi connectivity index (χ1v) is 7.65. The lowest BCUT2D eigenvalue weighted by Gasteiger charge is -1.97. The molecule has 0 radical (unpaired) electrons. The summed E-state index contributed by atoms with van der Waals surface area (Å²) in [5, 5.41) is 4.32. The third-order valence-corrected chi connectivity index (χ3v) is 4.99. The molecule has 0 aliphatic carbocycles. The summed E-state index contributed by atoms with van der Waals surface area (Å²) >= 11 is 7.21. The Kier molecular flexibility index (Phi) is 4.42. The van der Waals surface area contributed by atoms with Crippen molar-refractivity contribution in [2.45, 2.75) is 25.7 Å². The van der Waals surface area contributed by atoms with Crippen molar-refractivity contribution in [2.24, 2.45) is 0 Å². The lowest BCUT2D eigenvalue weighted by atomic mass is 10.1. The van der Waals surface area contributed by atoms with Crippen molar-refractivity contribution in [3.63, 3.8) is 0 Å². The molecule has 2 rings (SSSR count). The van der Waals surface area contributed by atoms with Gasteiger partial charge >= 0.3 is 0 Å². The molecule has 0 aliphatic heterocycles. The fourth-order valence-electron chi connectivity index (χ4n) is 1.54. The smallest absolute Gasteiger partial charge is 0.0285 e. The molecule has 3 heteroatoms. The van der Waals surface area contributed by atoms with Crippen LogP contribution in [0.5, 0.6) is 0 Å². The highest BCUT2D eigenvalue weighted by molar-refractivity contribution is 9.10. The van der Waals surface area contributed by atoms with Crippen molar-refractivity contribution in [3.8, 4) is 0 Å². The lowest BCUT2D eigenvalue weighted by Crippen LogP contribution is -1.84. The fourth-order valence-corrected chi connectivity index (χ4v) is 3.79. The van der Waals surface area contributed by atoms with E-state index in [2.05, 4.69) is 44.9 Å². The van der Waals surface area contributed by atoms with Crippen LogP contribution in [0.2, 0.25) is 0 Å². The summed E-state index contributed by atoms with van der Waals surface area (Å²) in [5.41, 5.74) is 0. The Hall–Kier alpha value is -0.120. The second-order valence-electron chi connectivity index (χ2n) is 3.52. The van der Waals surface area contributed by atoms with Gasteiger partial charge in [-0.1, -0.05) is 6.07 Å². The third-order valence-electron chi connectivity index (χ3n) is 2.30. The molecule has 0 atom stereocenters. The minimum absolute atomic E-state index is 1.22. The Morgan fingerprint density at radius 3 is 2.47 bits per heavy atom. The molecule has 2 heterocycles. The molecule has 0 saturated heterocycles. The maximum absolute atomic E-state index is 3.48. The average Bonchev–Trinajstić information content (AvgIpc) is 2.84. The first-order valence-electron chi connectivity index (χ1n) is 5.10. The van der Waals surface area contributed by atoms with E-state index in [1.807, 2.05) is 22.7 Å². The standard InChI is InChI=1S/C12H13BrS2/c13-10-8-12(15-9-10)5-2-1-4-11-6-3-7-14-11/h3,6-9H,1-2,4-5H2. The van der Waals surface area contributed by atoms with Gasteiger partial charge in [0.2, 0.25) is 0 Å². The zero-order valence-electron chi connectivity index (χ0n) is 8.41. The van der Waals surface area contributed by atoms with Gasteiger partial charge in [0.25, 0.3) is 0 Å². The topological polar surface area (TPSA) is 0 Å². The number of hydrogen-bond donors (Lipinski definition) is 0. The Morgan fingerprint density at radius 1 is 1.07 bits per heavy atom. The minimum atomic E-state index is 1.22. The number of unbranched alkanes of at least 4 members (excludes halogenated alkanes) is 1. The van der Waals surface area contributed by atoms with Crippen LogP contribution in [-0.4, -0.2) is 0 Å². The quantitative estimate of drug-likeness (QED) is 0.671. The Balaban J connectivity index is 1.67. The minimum Gasteiger partial charge on any atom is -0.149 e. The van der Waals surface area contributed by atoms with E-state index >= 15 is 0 Å². The summed E-state index contributed by atoms with van der Waals surface area (Å²) in [6.45, 7) is 0. The average molecular weight is 301 g/mol. The molecule has 0 fully saturated rings. The van der Waals surface area contributed by atoms with Crippen molar-refractivity contribution in [2.75, 3.05) is 0 Å². The molecule has 0 aliphatic rings. The molecule has 0 nitrogen and oxygen atoms in total. The van der Waals surface area contributed by atoms with E-state index in [0.29, 0.717) is 0 Å². The SMILES string of the molecule is Brc1csc(CCCCc2cccs2)c1. The van der Waals surface area contributed by atoms with Gasteiger partial charge < -0.3 is 0 Å². The van der Waals surface area contributed by atoms with Crippen LogP contribution in [0.3, 0.4) is 0 Å². The number of rotatable bonds is 5. The van der Waals surface area contributed by atoms with Gasteiger partial charge in [-0.3, -0.25) is 0 Å². The third kappa shape index (κ3) is 3.74. The molecular formula is C12H13BrS2. The van der Waals surface area contributed by atoms with Crippen molar-refractivity contribution in [1.82, 2.24) is 0 Å². The molecule has 80 valence electrons. The van der Waals surface area contributed by atoms with Crippen LogP contribution in [0, 0.1) is 0 Å². The van der Waals surface area contributed by atoms with E-state index < -0.39 is 0 Å². The van der Waals surface area contributed by atoms with Gasteiger partial charge in [-0.15, -0.1) is 22.7 Å². The van der Waals surface area contributed by atoms with Gasteiger partial charge in [-0.2, -0.15) is 0 Å². The molecule has 0 spiro atoms. The second-order valence-corrected chi connectivity index (χ2v) is 6.46. The predicted octanol–water partition coefficient (Wildman–Crippen LogP) is 5.14. The second kappa shape index (κ2) is 5.83. The predicted molar refractivity (Wildman–Crippen MR) is 73.0 cm³/mol. The summed E-state index contributed by atoms with van der Waals surface area (Å²) in [6, 6.07) is 6.60. The normalized spacial score (nSPS) is 10.7. The van der Waals surface area contributed by atoms with Crippen LogP contribution in [0.15, 0.2) is 33.4 Å². The molecule has 2 aromatic heterocycles. The first kappa shape index (κ1) is 11.4. The van der Waals surface area contributed by atoms with Crippen LogP contribution in [0.4, 0.5) is 0 Å². The molecule has 0 N–H and O–H groups in total. The highest BCUT2D eigenvalue weighted by Crippen LogP contribution is 2.22. The maximum atomic E-state index is 3.48. The van der Waals surface area contributed by atoms with Gasteiger partial charge in [0.15, 0.2) is 0 Å². The van der Waals surface area contributed by atoms with E-state index in [0.717, 1.165) is 0 Å². The molecule has 0 saturated carbocycles. The van der Waals surface area contributed by atoms with Crippen molar-refractivity contribution < 1.29 is 0 Å². The number of aryl methyl sites for hydroxylation is 2. The molecule has 0 unspecified atom stereocenters. The molecule has 2 aromatic rings. The zero-order chi connectivity index (χ0) is 10.5. The Labute approximate surface area is 107 Å². The van der Waals surface area contributed by atoms with Crippen LogP contribution < -0.4 is 0 Å². The maximum Gasteiger partial charge on any atom is 0.0285 e. The largest absolute Gasteiger partial charge is 0.149 e. The van der Waals surface area contributed by atoms with Crippen LogP contribution in [0.25, 0.3) is 0 Å². The Morgan fingerprint density at radius 2 is 1.87 bits per heavy atom. The van der Waals surface area contributed by atoms with E-state index in [4.69, 9.17) is 0 Å². The summed E-state index contributed by atoms with van der Waals surface area (Å²) in [6.07, 6.45) is 5.06. The molecular weight excluding hydrogens is 288 g/mol. The van der Waals surface area contributed by atoms with Crippen LogP contribution in [-0.2, 0) is 12.8 Å². The van der Waals surface area contributed by atoms with Gasteiger partial charge in [-0.05, 0) is 59.1 Å². The summed E-state index contributed by atoms with van der Waals surface area (Å²) < 4.78 is 1.22. The molecule has 15 heavy (non-hydrogen) atoms. The van der Waals surface area contributed by atoms with E-state index in [1.54, 1.807) is 0 Å². The highest BCUT2D eigenvalue weighted by Gasteiger charge is 1.98.